The lowest BCUT2D eigenvalue weighted by Crippen LogP contribution is -2.49. The summed E-state index contributed by atoms with van der Waals surface area (Å²) in [5.74, 6) is 1.68. The van der Waals surface area contributed by atoms with Crippen molar-refractivity contribution in [2.24, 2.45) is 11.8 Å². The number of hydrogen-bond donors (Lipinski definition) is 1. The molecular weight excluding hydrogens is 276 g/mol. The van der Waals surface area contributed by atoms with E-state index in [1.54, 1.807) is 0 Å². The summed E-state index contributed by atoms with van der Waals surface area (Å²) in [7, 11) is 0. The van der Waals surface area contributed by atoms with Gasteiger partial charge < -0.3 is 15.0 Å². The van der Waals surface area contributed by atoms with E-state index in [2.05, 4.69) is 24.1 Å². The van der Waals surface area contributed by atoms with Crippen LogP contribution >= 0.6 is 0 Å². The second-order valence-corrected chi connectivity index (χ2v) is 7.86. The average Bonchev–Trinajstić information content (AvgIpc) is 2.96. The fourth-order valence-corrected chi connectivity index (χ4v) is 4.30. The molecule has 0 radical (unpaired) electrons. The van der Waals surface area contributed by atoms with Gasteiger partial charge in [-0.25, -0.2) is 0 Å². The van der Waals surface area contributed by atoms with Gasteiger partial charge in [0.15, 0.2) is 0 Å². The molecule has 3 fully saturated rings. The first-order valence-corrected chi connectivity index (χ1v) is 9.30. The van der Waals surface area contributed by atoms with E-state index >= 15 is 0 Å². The molecule has 3 atom stereocenters. The molecule has 2 saturated heterocycles. The van der Waals surface area contributed by atoms with Gasteiger partial charge in [0, 0.05) is 25.7 Å². The third-order valence-corrected chi connectivity index (χ3v) is 5.58. The molecule has 3 aliphatic rings. The molecule has 0 aromatic rings. The molecule has 4 nitrogen and oxygen atoms in total. The average molecular weight is 308 g/mol. The van der Waals surface area contributed by atoms with Gasteiger partial charge in [-0.05, 0) is 43.9 Å². The Morgan fingerprint density at radius 1 is 1.18 bits per heavy atom. The Hall–Kier alpha value is -0.610. The van der Waals surface area contributed by atoms with E-state index < -0.39 is 0 Å². The van der Waals surface area contributed by atoms with Crippen molar-refractivity contribution >= 4 is 5.91 Å². The summed E-state index contributed by atoms with van der Waals surface area (Å²) in [6.07, 6.45) is 8.66. The van der Waals surface area contributed by atoms with Gasteiger partial charge in [0.25, 0.3) is 0 Å². The molecule has 4 heteroatoms. The van der Waals surface area contributed by atoms with Gasteiger partial charge in [-0.15, -0.1) is 0 Å². The Kier molecular flexibility index (Phi) is 5.40. The number of fused-ring (bicyclic) bond motifs is 1. The van der Waals surface area contributed by atoms with Gasteiger partial charge in [0.2, 0.25) is 5.91 Å². The van der Waals surface area contributed by atoms with E-state index in [4.69, 9.17) is 4.74 Å². The minimum absolute atomic E-state index is 0.0845. The molecule has 1 N–H and O–H groups in total. The molecule has 0 bridgehead atoms. The van der Waals surface area contributed by atoms with Crippen molar-refractivity contribution in [2.75, 3.05) is 19.7 Å². The van der Waals surface area contributed by atoms with Gasteiger partial charge in [-0.2, -0.15) is 0 Å². The summed E-state index contributed by atoms with van der Waals surface area (Å²) in [6.45, 7) is 6.95. The highest BCUT2D eigenvalue weighted by atomic mass is 16.5. The molecule has 2 heterocycles. The topological polar surface area (TPSA) is 41.6 Å². The van der Waals surface area contributed by atoms with Crippen molar-refractivity contribution in [2.45, 2.75) is 77.0 Å². The Bertz CT molecular complexity index is 363. The van der Waals surface area contributed by atoms with E-state index in [0.717, 1.165) is 44.9 Å². The summed E-state index contributed by atoms with van der Waals surface area (Å²) in [5.41, 5.74) is 0. The molecule has 1 amide bonds. The van der Waals surface area contributed by atoms with Crippen LogP contribution in [0.2, 0.25) is 0 Å². The highest BCUT2D eigenvalue weighted by molar-refractivity contribution is 5.82. The highest BCUT2D eigenvalue weighted by Crippen LogP contribution is 2.34. The molecule has 3 rings (SSSR count). The zero-order valence-electron chi connectivity index (χ0n) is 14.2. The van der Waals surface area contributed by atoms with Crippen molar-refractivity contribution in [3.8, 4) is 0 Å². The largest absolute Gasteiger partial charge is 0.378 e. The minimum Gasteiger partial charge on any atom is -0.378 e. The van der Waals surface area contributed by atoms with Crippen molar-refractivity contribution in [3.05, 3.63) is 0 Å². The van der Waals surface area contributed by atoms with Gasteiger partial charge in [0.1, 0.15) is 0 Å². The lowest BCUT2D eigenvalue weighted by Gasteiger charge is -2.34. The first-order valence-electron chi connectivity index (χ1n) is 9.30. The number of piperidine rings is 1. The number of amides is 1. The van der Waals surface area contributed by atoms with Crippen molar-refractivity contribution in [1.82, 2.24) is 10.2 Å². The first-order chi connectivity index (χ1) is 10.6. The second kappa shape index (κ2) is 7.31. The molecular formula is C18H32N2O2. The number of carbonyl (C=O) groups excluding carboxylic acids is 1. The van der Waals surface area contributed by atoms with Crippen LogP contribution in [-0.2, 0) is 9.53 Å². The molecule has 0 aromatic heterocycles. The van der Waals surface area contributed by atoms with Gasteiger partial charge in [-0.3, -0.25) is 4.79 Å². The van der Waals surface area contributed by atoms with Crippen molar-refractivity contribution in [1.29, 1.82) is 0 Å². The fourth-order valence-electron chi connectivity index (χ4n) is 4.30. The van der Waals surface area contributed by atoms with Crippen LogP contribution in [0.3, 0.4) is 0 Å². The van der Waals surface area contributed by atoms with E-state index in [1.807, 2.05) is 0 Å². The van der Waals surface area contributed by atoms with Crippen LogP contribution in [0.15, 0.2) is 0 Å². The maximum atomic E-state index is 12.7. The maximum absolute atomic E-state index is 12.7. The van der Waals surface area contributed by atoms with Crippen molar-refractivity contribution in [3.63, 3.8) is 0 Å². The van der Waals surface area contributed by atoms with Crippen molar-refractivity contribution < 1.29 is 9.53 Å². The normalized spacial score (nSPS) is 33.2. The quantitative estimate of drug-likeness (QED) is 0.868. The van der Waals surface area contributed by atoms with Gasteiger partial charge >= 0.3 is 0 Å². The third kappa shape index (κ3) is 3.83. The zero-order chi connectivity index (χ0) is 15.5. The van der Waals surface area contributed by atoms with Crippen LogP contribution in [-0.4, -0.2) is 48.7 Å². The predicted octanol–water partition coefficient (Wildman–Crippen LogP) is 2.57. The van der Waals surface area contributed by atoms with Gasteiger partial charge in [0.05, 0.1) is 12.1 Å². The SMILES string of the molecule is CC(C)COC1CCN(C(=O)C2CC3CCCCC3N2)CC1. The Labute approximate surface area is 135 Å². The van der Waals surface area contributed by atoms with Crippen LogP contribution in [0, 0.1) is 11.8 Å². The number of carbonyl (C=O) groups is 1. The molecule has 2 aliphatic heterocycles. The fraction of sp³-hybridized carbons (Fsp3) is 0.944. The molecule has 1 saturated carbocycles. The van der Waals surface area contributed by atoms with E-state index in [1.165, 1.54) is 25.7 Å². The van der Waals surface area contributed by atoms with E-state index in [-0.39, 0.29) is 6.04 Å². The Morgan fingerprint density at radius 2 is 1.91 bits per heavy atom. The van der Waals surface area contributed by atoms with Crippen LogP contribution < -0.4 is 5.32 Å². The monoisotopic (exact) mass is 308 g/mol. The highest BCUT2D eigenvalue weighted by Gasteiger charge is 2.40. The first kappa shape index (κ1) is 16.3. The summed E-state index contributed by atoms with van der Waals surface area (Å²) in [6, 6.07) is 0.691. The molecule has 0 aromatic carbocycles. The van der Waals surface area contributed by atoms with Crippen LogP contribution in [0.4, 0.5) is 0 Å². The van der Waals surface area contributed by atoms with E-state index in [0.29, 0.717) is 24.0 Å². The number of likely N-dealkylation sites (tertiary alicyclic amines) is 1. The molecule has 0 spiro atoms. The number of nitrogens with zero attached hydrogens (tertiary/aromatic N) is 1. The Balaban J connectivity index is 1.44. The maximum Gasteiger partial charge on any atom is 0.239 e. The number of ether oxygens (including phenoxy) is 1. The molecule has 1 aliphatic carbocycles. The number of nitrogens with one attached hydrogen (secondary N) is 1. The number of hydrogen-bond acceptors (Lipinski definition) is 3. The summed E-state index contributed by atoms with van der Waals surface area (Å²) in [5, 5.41) is 3.62. The smallest absolute Gasteiger partial charge is 0.239 e. The third-order valence-electron chi connectivity index (χ3n) is 5.58. The van der Waals surface area contributed by atoms with Crippen LogP contribution in [0.5, 0.6) is 0 Å². The lowest BCUT2D eigenvalue weighted by atomic mass is 9.85. The predicted molar refractivity (Wildman–Crippen MR) is 87.7 cm³/mol. The Morgan fingerprint density at radius 3 is 2.59 bits per heavy atom. The summed E-state index contributed by atoms with van der Waals surface area (Å²) < 4.78 is 5.92. The molecule has 126 valence electrons. The molecule has 22 heavy (non-hydrogen) atoms. The van der Waals surface area contributed by atoms with Crippen LogP contribution in [0.1, 0.15) is 58.8 Å². The standard InChI is InChI=1S/C18H32N2O2/c1-13(2)12-22-15-7-9-20(10-8-15)18(21)17-11-14-5-3-4-6-16(14)19-17/h13-17,19H,3-12H2,1-2H3. The van der Waals surface area contributed by atoms with Crippen LogP contribution in [0.25, 0.3) is 0 Å². The molecule has 3 unspecified atom stereocenters. The number of rotatable bonds is 4. The summed E-state index contributed by atoms with van der Waals surface area (Å²) in [4.78, 5) is 14.8. The minimum atomic E-state index is 0.0845. The van der Waals surface area contributed by atoms with E-state index in [9.17, 15) is 4.79 Å². The second-order valence-electron chi connectivity index (χ2n) is 7.86. The lowest BCUT2D eigenvalue weighted by molar-refractivity contribution is -0.136. The zero-order valence-corrected chi connectivity index (χ0v) is 14.2. The van der Waals surface area contributed by atoms with Gasteiger partial charge in [-0.1, -0.05) is 26.7 Å². The summed E-state index contributed by atoms with van der Waals surface area (Å²) >= 11 is 0.